The lowest BCUT2D eigenvalue weighted by atomic mass is 10.2. The summed E-state index contributed by atoms with van der Waals surface area (Å²) in [5.74, 6) is 1.15. The summed E-state index contributed by atoms with van der Waals surface area (Å²) < 4.78 is 5.14. The van der Waals surface area contributed by atoms with Crippen LogP contribution in [-0.2, 0) is 6.61 Å². The molecule has 0 bridgehead atoms. The fraction of sp³-hybridized carbons (Fsp3) is 0.250. The second kappa shape index (κ2) is 3.37. The first kappa shape index (κ1) is 8.04. The van der Waals surface area contributed by atoms with Crippen molar-refractivity contribution in [1.29, 1.82) is 0 Å². The summed E-state index contributed by atoms with van der Waals surface area (Å²) in [7, 11) is 0. The summed E-state index contributed by atoms with van der Waals surface area (Å²) in [5.41, 5.74) is 5.57. The molecule has 1 aromatic heterocycles. The van der Waals surface area contributed by atoms with Gasteiger partial charge in [-0.1, -0.05) is 6.08 Å². The molecule has 0 saturated heterocycles. The molecule has 1 rings (SSSR count). The van der Waals surface area contributed by atoms with Crippen molar-refractivity contribution in [2.24, 2.45) is 5.73 Å². The zero-order chi connectivity index (χ0) is 8.27. The Morgan fingerprint density at radius 1 is 1.73 bits per heavy atom. The van der Waals surface area contributed by atoms with E-state index >= 15 is 0 Å². The van der Waals surface area contributed by atoms with Crippen molar-refractivity contribution in [1.82, 2.24) is 0 Å². The van der Waals surface area contributed by atoms with Crippen LogP contribution in [-0.4, -0.2) is 5.11 Å². The predicted octanol–water partition coefficient (Wildman–Crippen LogP) is 0.958. The molecule has 0 saturated carbocycles. The highest BCUT2D eigenvalue weighted by Crippen LogP contribution is 2.14. The Morgan fingerprint density at radius 2 is 2.45 bits per heavy atom. The number of hydrogen-bond acceptors (Lipinski definition) is 3. The molecule has 0 spiro atoms. The quantitative estimate of drug-likeness (QED) is 0.636. The first-order chi connectivity index (χ1) is 5.27. The minimum atomic E-state index is -0.282. The average molecular weight is 153 g/mol. The molecule has 3 nitrogen and oxygen atoms in total. The summed E-state index contributed by atoms with van der Waals surface area (Å²) in [6, 6.07) is 3.15. The number of nitrogens with two attached hydrogens (primary N) is 1. The molecule has 3 N–H and O–H groups in total. The van der Waals surface area contributed by atoms with E-state index in [9.17, 15) is 0 Å². The molecule has 0 unspecified atom stereocenters. The molecule has 0 aromatic carbocycles. The van der Waals surface area contributed by atoms with Gasteiger partial charge in [0, 0.05) is 0 Å². The topological polar surface area (TPSA) is 59.4 Å². The van der Waals surface area contributed by atoms with Gasteiger partial charge >= 0.3 is 0 Å². The van der Waals surface area contributed by atoms with E-state index in [2.05, 4.69) is 6.58 Å². The zero-order valence-electron chi connectivity index (χ0n) is 6.16. The largest absolute Gasteiger partial charge is 0.462 e. The molecule has 1 heterocycles. The summed E-state index contributed by atoms with van der Waals surface area (Å²) in [6.07, 6.45) is 1.58. The van der Waals surface area contributed by atoms with Gasteiger partial charge < -0.3 is 15.3 Å². The summed E-state index contributed by atoms with van der Waals surface area (Å²) >= 11 is 0. The van der Waals surface area contributed by atoms with Crippen LogP contribution in [0.3, 0.4) is 0 Å². The maximum atomic E-state index is 8.65. The van der Waals surface area contributed by atoms with Crippen molar-refractivity contribution in [2.75, 3.05) is 0 Å². The summed E-state index contributed by atoms with van der Waals surface area (Å²) in [4.78, 5) is 0. The molecule has 11 heavy (non-hydrogen) atoms. The maximum Gasteiger partial charge on any atom is 0.129 e. The molecule has 0 aliphatic heterocycles. The van der Waals surface area contributed by atoms with Gasteiger partial charge in [0.05, 0.1) is 6.04 Å². The second-order valence-corrected chi connectivity index (χ2v) is 2.22. The Balaban J connectivity index is 2.79. The van der Waals surface area contributed by atoms with Gasteiger partial charge in [0.2, 0.25) is 0 Å². The smallest absolute Gasteiger partial charge is 0.129 e. The SMILES string of the molecule is C=C[C@@H](N)c1ccc(CO)o1. The number of aliphatic hydroxyl groups excluding tert-OH is 1. The monoisotopic (exact) mass is 153 g/mol. The van der Waals surface area contributed by atoms with Crippen molar-refractivity contribution in [3.05, 3.63) is 36.3 Å². The van der Waals surface area contributed by atoms with E-state index in [4.69, 9.17) is 15.3 Å². The molecule has 0 fully saturated rings. The van der Waals surface area contributed by atoms with Gasteiger partial charge in [-0.15, -0.1) is 6.58 Å². The first-order valence-electron chi connectivity index (χ1n) is 3.35. The van der Waals surface area contributed by atoms with Crippen molar-refractivity contribution in [3.63, 3.8) is 0 Å². The van der Waals surface area contributed by atoms with Gasteiger partial charge in [-0.05, 0) is 12.1 Å². The van der Waals surface area contributed by atoms with Crippen molar-refractivity contribution in [3.8, 4) is 0 Å². The van der Waals surface area contributed by atoms with Gasteiger partial charge in [0.25, 0.3) is 0 Å². The van der Waals surface area contributed by atoms with E-state index in [0.717, 1.165) is 0 Å². The highest BCUT2D eigenvalue weighted by atomic mass is 16.4. The Hall–Kier alpha value is -1.06. The van der Waals surface area contributed by atoms with Crippen LogP contribution in [0.5, 0.6) is 0 Å². The molecular weight excluding hydrogens is 142 g/mol. The van der Waals surface area contributed by atoms with Crippen LogP contribution in [0.4, 0.5) is 0 Å². The minimum absolute atomic E-state index is 0.0934. The third-order valence-corrected chi connectivity index (χ3v) is 1.42. The summed E-state index contributed by atoms with van der Waals surface area (Å²) in [6.45, 7) is 3.43. The Kier molecular flexibility index (Phi) is 2.46. The molecule has 60 valence electrons. The van der Waals surface area contributed by atoms with Crippen molar-refractivity contribution in [2.45, 2.75) is 12.6 Å². The Labute approximate surface area is 65.1 Å². The lowest BCUT2D eigenvalue weighted by Crippen LogP contribution is -2.04. The fourth-order valence-corrected chi connectivity index (χ4v) is 0.775. The van der Waals surface area contributed by atoms with Crippen LogP contribution in [0.2, 0.25) is 0 Å². The van der Waals surface area contributed by atoms with Crippen molar-refractivity contribution >= 4 is 0 Å². The van der Waals surface area contributed by atoms with E-state index < -0.39 is 0 Å². The van der Waals surface area contributed by atoms with Crippen LogP contribution in [0, 0.1) is 0 Å². The van der Waals surface area contributed by atoms with E-state index in [1.165, 1.54) is 0 Å². The first-order valence-corrected chi connectivity index (χ1v) is 3.35. The molecule has 0 radical (unpaired) electrons. The predicted molar refractivity (Wildman–Crippen MR) is 41.8 cm³/mol. The van der Waals surface area contributed by atoms with Crippen LogP contribution >= 0.6 is 0 Å². The number of hydrogen-bond donors (Lipinski definition) is 2. The average Bonchev–Trinajstić information content (AvgIpc) is 2.50. The molecule has 1 atom stereocenters. The van der Waals surface area contributed by atoms with Crippen LogP contribution in [0.15, 0.2) is 29.2 Å². The van der Waals surface area contributed by atoms with Gasteiger partial charge in [-0.3, -0.25) is 0 Å². The molecule has 0 aliphatic carbocycles. The van der Waals surface area contributed by atoms with Crippen LogP contribution in [0.25, 0.3) is 0 Å². The van der Waals surface area contributed by atoms with Gasteiger partial charge in [-0.2, -0.15) is 0 Å². The second-order valence-electron chi connectivity index (χ2n) is 2.22. The van der Waals surface area contributed by atoms with Gasteiger partial charge in [-0.25, -0.2) is 0 Å². The number of furan rings is 1. The third kappa shape index (κ3) is 1.69. The molecule has 0 amide bonds. The normalized spacial score (nSPS) is 12.9. The van der Waals surface area contributed by atoms with E-state index in [1.807, 2.05) is 0 Å². The zero-order valence-corrected chi connectivity index (χ0v) is 6.16. The van der Waals surface area contributed by atoms with Gasteiger partial charge in [0.1, 0.15) is 18.1 Å². The van der Waals surface area contributed by atoms with Crippen molar-refractivity contribution < 1.29 is 9.52 Å². The van der Waals surface area contributed by atoms with E-state index in [-0.39, 0.29) is 12.6 Å². The Morgan fingerprint density at radius 3 is 2.91 bits per heavy atom. The minimum Gasteiger partial charge on any atom is -0.462 e. The lowest BCUT2D eigenvalue weighted by Gasteiger charge is -1.99. The summed E-state index contributed by atoms with van der Waals surface area (Å²) in [5, 5.41) is 8.65. The van der Waals surface area contributed by atoms with Crippen LogP contribution in [0.1, 0.15) is 17.6 Å². The molecule has 1 aromatic rings. The van der Waals surface area contributed by atoms with Gasteiger partial charge in [0.15, 0.2) is 0 Å². The number of rotatable bonds is 3. The third-order valence-electron chi connectivity index (χ3n) is 1.42. The Bertz CT molecular complexity index is 242. The number of aliphatic hydroxyl groups is 1. The molecular formula is C8H11NO2. The fourth-order valence-electron chi connectivity index (χ4n) is 0.775. The molecule has 3 heteroatoms. The maximum absolute atomic E-state index is 8.65. The standard InChI is InChI=1S/C8H11NO2/c1-2-7(9)8-4-3-6(5-10)11-8/h2-4,7,10H,1,5,9H2/t7-/m1/s1. The lowest BCUT2D eigenvalue weighted by molar-refractivity contribution is 0.242. The van der Waals surface area contributed by atoms with Crippen LogP contribution < -0.4 is 5.73 Å². The molecule has 0 aliphatic rings. The van der Waals surface area contributed by atoms with E-state index in [1.54, 1.807) is 18.2 Å². The highest BCUT2D eigenvalue weighted by Gasteiger charge is 2.05. The van der Waals surface area contributed by atoms with E-state index in [0.29, 0.717) is 11.5 Å². The highest BCUT2D eigenvalue weighted by molar-refractivity contribution is 5.13.